The van der Waals surface area contributed by atoms with E-state index < -0.39 is 28.5 Å². The lowest BCUT2D eigenvalue weighted by Crippen LogP contribution is -2.44. The normalized spacial score (nSPS) is 11.3. The summed E-state index contributed by atoms with van der Waals surface area (Å²) >= 11 is 0. The minimum absolute atomic E-state index is 0.181. The maximum Gasteiger partial charge on any atom is 0.304 e. The number of amides is 1. The van der Waals surface area contributed by atoms with Gasteiger partial charge in [-0.2, -0.15) is 12.7 Å². The predicted octanol–water partition coefficient (Wildman–Crippen LogP) is 2.09. The molecule has 0 atom stereocenters. The van der Waals surface area contributed by atoms with Gasteiger partial charge in [-0.05, 0) is 36.4 Å². The van der Waals surface area contributed by atoms with Crippen LogP contribution >= 0.6 is 0 Å². The third kappa shape index (κ3) is 4.70. The molecule has 0 unspecified atom stereocenters. The lowest BCUT2D eigenvalue weighted by atomic mass is 10.3. The molecule has 0 fully saturated rings. The Balaban J connectivity index is 2.25. The van der Waals surface area contributed by atoms with Crippen LogP contribution in [0.5, 0.6) is 5.75 Å². The van der Waals surface area contributed by atoms with Crippen molar-refractivity contribution in [2.45, 2.75) is 0 Å². The summed E-state index contributed by atoms with van der Waals surface area (Å²) in [4.78, 5) is 12.4. The van der Waals surface area contributed by atoms with Gasteiger partial charge in [0, 0.05) is 25.8 Å². The van der Waals surface area contributed by atoms with E-state index in [0.29, 0.717) is 11.4 Å². The van der Waals surface area contributed by atoms with Crippen LogP contribution in [0.25, 0.3) is 0 Å². The largest absolute Gasteiger partial charge is 0.497 e. The first-order chi connectivity index (χ1) is 12.2. The maximum atomic E-state index is 13.2. The molecule has 0 aliphatic heterocycles. The molecule has 0 aliphatic carbocycles. The molecule has 0 aliphatic rings. The van der Waals surface area contributed by atoms with E-state index in [1.807, 2.05) is 0 Å². The number of hydrogen-bond acceptors (Lipinski definition) is 4. The van der Waals surface area contributed by atoms with Crippen LogP contribution in [0.2, 0.25) is 0 Å². The van der Waals surface area contributed by atoms with E-state index in [0.717, 1.165) is 20.7 Å². The number of ether oxygens (including phenoxy) is 1. The van der Waals surface area contributed by atoms with E-state index in [-0.39, 0.29) is 5.69 Å². The van der Waals surface area contributed by atoms with Gasteiger partial charge in [0.25, 0.3) is 0 Å². The van der Waals surface area contributed by atoms with Crippen LogP contribution in [0.4, 0.5) is 15.8 Å². The topological polar surface area (TPSA) is 79.0 Å². The zero-order valence-electron chi connectivity index (χ0n) is 14.6. The molecule has 0 saturated carbocycles. The van der Waals surface area contributed by atoms with Gasteiger partial charge in [-0.3, -0.25) is 4.79 Å². The Hall–Kier alpha value is -2.65. The molecular formula is C17H20FN3O4S. The molecule has 26 heavy (non-hydrogen) atoms. The summed E-state index contributed by atoms with van der Waals surface area (Å²) in [5, 5.41) is 2.62. The summed E-state index contributed by atoms with van der Waals surface area (Å²) < 4.78 is 45.3. The molecular weight excluding hydrogens is 361 g/mol. The monoisotopic (exact) mass is 381 g/mol. The van der Waals surface area contributed by atoms with E-state index in [1.54, 1.807) is 24.3 Å². The van der Waals surface area contributed by atoms with E-state index >= 15 is 0 Å². The molecule has 2 aromatic carbocycles. The summed E-state index contributed by atoms with van der Waals surface area (Å²) in [6, 6.07) is 11.6. The van der Waals surface area contributed by atoms with Crippen LogP contribution < -0.4 is 14.4 Å². The average molecular weight is 381 g/mol. The smallest absolute Gasteiger partial charge is 0.304 e. The minimum Gasteiger partial charge on any atom is -0.497 e. The standard InChI is InChI=1S/C17H20FN3O4S/c1-20(2)26(23,24)21(15-9-7-13(18)8-10-15)12-17(22)19-14-5-4-6-16(11-14)25-3/h4-11H,12H2,1-3H3,(H,19,22). The Morgan fingerprint density at radius 1 is 1.15 bits per heavy atom. The number of halogens is 1. The van der Waals surface area contributed by atoms with Crippen molar-refractivity contribution < 1.29 is 22.3 Å². The zero-order valence-corrected chi connectivity index (χ0v) is 15.5. The van der Waals surface area contributed by atoms with Gasteiger partial charge in [-0.1, -0.05) is 6.07 Å². The summed E-state index contributed by atoms with van der Waals surface area (Å²) in [5.41, 5.74) is 0.650. The Morgan fingerprint density at radius 3 is 2.38 bits per heavy atom. The quantitative estimate of drug-likeness (QED) is 0.797. The van der Waals surface area contributed by atoms with E-state index in [1.165, 1.54) is 33.3 Å². The van der Waals surface area contributed by atoms with Gasteiger partial charge >= 0.3 is 10.2 Å². The summed E-state index contributed by atoms with van der Waals surface area (Å²) in [6.45, 7) is -0.469. The number of rotatable bonds is 7. The molecule has 140 valence electrons. The zero-order chi connectivity index (χ0) is 19.3. The molecule has 0 bridgehead atoms. The average Bonchev–Trinajstić information content (AvgIpc) is 2.60. The number of nitrogens with one attached hydrogen (secondary N) is 1. The Bertz CT molecular complexity index is 870. The third-order valence-electron chi connectivity index (χ3n) is 3.50. The first-order valence-electron chi connectivity index (χ1n) is 7.63. The van der Waals surface area contributed by atoms with E-state index in [2.05, 4.69) is 5.32 Å². The minimum atomic E-state index is -3.95. The second-order valence-corrected chi connectivity index (χ2v) is 7.62. The lowest BCUT2D eigenvalue weighted by molar-refractivity contribution is -0.114. The molecule has 9 heteroatoms. The van der Waals surface area contributed by atoms with Crippen molar-refractivity contribution in [3.63, 3.8) is 0 Å². The van der Waals surface area contributed by atoms with Crippen LogP contribution in [-0.4, -0.2) is 46.4 Å². The number of benzene rings is 2. The second kappa shape index (κ2) is 8.15. The van der Waals surface area contributed by atoms with Crippen molar-refractivity contribution in [2.24, 2.45) is 0 Å². The van der Waals surface area contributed by atoms with Crippen LogP contribution in [0.1, 0.15) is 0 Å². The fourth-order valence-corrected chi connectivity index (χ4v) is 3.21. The molecule has 0 saturated heterocycles. The third-order valence-corrected chi connectivity index (χ3v) is 5.32. The highest BCUT2D eigenvalue weighted by Gasteiger charge is 2.27. The SMILES string of the molecule is COc1cccc(NC(=O)CN(c2ccc(F)cc2)S(=O)(=O)N(C)C)c1. The van der Waals surface area contributed by atoms with Crippen LogP contribution in [-0.2, 0) is 15.0 Å². The molecule has 0 spiro atoms. The number of hydrogen-bond donors (Lipinski definition) is 1. The lowest BCUT2D eigenvalue weighted by Gasteiger charge is -2.26. The first-order valence-corrected chi connectivity index (χ1v) is 9.03. The van der Waals surface area contributed by atoms with Crippen molar-refractivity contribution in [3.05, 3.63) is 54.3 Å². The number of nitrogens with zero attached hydrogens (tertiary/aromatic N) is 2. The highest BCUT2D eigenvalue weighted by molar-refractivity contribution is 7.90. The Morgan fingerprint density at radius 2 is 1.81 bits per heavy atom. The fourth-order valence-electron chi connectivity index (χ4n) is 2.14. The number of carbonyl (C=O) groups is 1. The molecule has 1 N–H and O–H groups in total. The fraction of sp³-hybridized carbons (Fsp3) is 0.235. The Labute approximate surface area is 152 Å². The van der Waals surface area contributed by atoms with Crippen LogP contribution in [0, 0.1) is 5.82 Å². The van der Waals surface area contributed by atoms with Crippen LogP contribution in [0.3, 0.4) is 0 Å². The van der Waals surface area contributed by atoms with Crippen molar-refractivity contribution in [1.82, 2.24) is 4.31 Å². The van der Waals surface area contributed by atoms with Gasteiger partial charge in [0.1, 0.15) is 18.1 Å². The van der Waals surface area contributed by atoms with Gasteiger partial charge in [-0.25, -0.2) is 8.70 Å². The van der Waals surface area contributed by atoms with Crippen molar-refractivity contribution >= 4 is 27.5 Å². The molecule has 0 radical (unpaired) electrons. The van der Waals surface area contributed by atoms with Crippen molar-refractivity contribution in [1.29, 1.82) is 0 Å². The second-order valence-electron chi connectivity index (χ2n) is 5.55. The van der Waals surface area contributed by atoms with Gasteiger partial charge in [0.05, 0.1) is 12.8 Å². The summed E-state index contributed by atoms with van der Waals surface area (Å²) in [7, 11) is 0.260. The predicted molar refractivity (Wildman–Crippen MR) is 98.0 cm³/mol. The maximum absolute atomic E-state index is 13.2. The van der Waals surface area contributed by atoms with Gasteiger partial charge in [0.15, 0.2) is 0 Å². The highest BCUT2D eigenvalue weighted by Crippen LogP contribution is 2.21. The summed E-state index contributed by atoms with van der Waals surface area (Å²) in [6.07, 6.45) is 0. The molecule has 2 aromatic rings. The van der Waals surface area contributed by atoms with Gasteiger partial charge in [-0.15, -0.1) is 0 Å². The molecule has 0 aromatic heterocycles. The van der Waals surface area contributed by atoms with Gasteiger partial charge < -0.3 is 10.1 Å². The number of methoxy groups -OCH3 is 1. The van der Waals surface area contributed by atoms with E-state index in [9.17, 15) is 17.6 Å². The highest BCUT2D eigenvalue weighted by atomic mass is 32.2. The van der Waals surface area contributed by atoms with Crippen molar-refractivity contribution in [2.75, 3.05) is 37.4 Å². The first kappa shape index (κ1) is 19.7. The van der Waals surface area contributed by atoms with Crippen LogP contribution in [0.15, 0.2) is 48.5 Å². The van der Waals surface area contributed by atoms with Gasteiger partial charge in [0.2, 0.25) is 5.91 Å². The summed E-state index contributed by atoms with van der Waals surface area (Å²) in [5.74, 6) is -0.496. The molecule has 1 amide bonds. The molecule has 7 nitrogen and oxygen atoms in total. The number of carbonyl (C=O) groups excluding carboxylic acids is 1. The number of anilines is 2. The molecule has 2 rings (SSSR count). The van der Waals surface area contributed by atoms with Crippen molar-refractivity contribution in [3.8, 4) is 5.75 Å². The Kier molecular flexibility index (Phi) is 6.17. The van der Waals surface area contributed by atoms with E-state index in [4.69, 9.17) is 4.74 Å². The molecule has 0 heterocycles.